The van der Waals surface area contributed by atoms with E-state index in [4.69, 9.17) is 4.74 Å². The van der Waals surface area contributed by atoms with Crippen LogP contribution in [0.1, 0.15) is 22.8 Å². The van der Waals surface area contributed by atoms with E-state index in [0.29, 0.717) is 19.5 Å². The third kappa shape index (κ3) is 3.66. The largest absolute Gasteiger partial charge is 0.472 e. The van der Waals surface area contributed by atoms with E-state index in [1.165, 1.54) is 30.7 Å². The first-order chi connectivity index (χ1) is 13.4. The van der Waals surface area contributed by atoms with Gasteiger partial charge in [0.05, 0.1) is 6.54 Å². The summed E-state index contributed by atoms with van der Waals surface area (Å²) in [5.41, 5.74) is 0.474. The first-order valence-electron chi connectivity index (χ1n) is 8.14. The summed E-state index contributed by atoms with van der Waals surface area (Å²) in [5, 5.41) is 6.91. The van der Waals surface area contributed by atoms with Gasteiger partial charge in [0.15, 0.2) is 5.69 Å². The second-order valence-corrected chi connectivity index (χ2v) is 5.97. The Morgan fingerprint density at radius 3 is 2.75 bits per heavy atom. The van der Waals surface area contributed by atoms with Crippen LogP contribution in [0.3, 0.4) is 0 Å². The third-order valence-corrected chi connectivity index (χ3v) is 4.04. The molecule has 0 aromatic carbocycles. The van der Waals surface area contributed by atoms with Gasteiger partial charge in [0.25, 0.3) is 5.91 Å². The summed E-state index contributed by atoms with van der Waals surface area (Å²) in [6.07, 6.45) is -1.76. The number of alkyl halides is 3. The van der Waals surface area contributed by atoms with Gasteiger partial charge < -0.3 is 18.7 Å². The molecule has 0 unspecified atom stereocenters. The van der Waals surface area contributed by atoms with E-state index >= 15 is 0 Å². The first kappa shape index (κ1) is 17.9. The predicted octanol–water partition coefficient (Wildman–Crippen LogP) is 2.43. The molecule has 1 amide bonds. The summed E-state index contributed by atoms with van der Waals surface area (Å²) in [7, 11) is 0. The van der Waals surface area contributed by atoms with Gasteiger partial charge in [0.2, 0.25) is 11.7 Å². The normalized spacial score (nSPS) is 17.1. The van der Waals surface area contributed by atoms with Crippen molar-refractivity contribution in [2.24, 2.45) is 0 Å². The highest BCUT2D eigenvalue weighted by Gasteiger charge is 2.38. The lowest BCUT2D eigenvalue weighted by Crippen LogP contribution is -2.31. The van der Waals surface area contributed by atoms with Gasteiger partial charge in [-0.3, -0.25) is 4.79 Å². The van der Waals surface area contributed by atoms with Crippen molar-refractivity contribution in [3.63, 3.8) is 0 Å². The summed E-state index contributed by atoms with van der Waals surface area (Å²) in [6.45, 7) is 0.854. The maximum Gasteiger partial charge on any atom is 0.471 e. The second kappa shape index (κ2) is 6.94. The molecule has 4 heterocycles. The Hall–Kier alpha value is -3.44. The van der Waals surface area contributed by atoms with Crippen molar-refractivity contribution in [3.05, 3.63) is 42.2 Å². The molecule has 0 saturated carbocycles. The molecule has 12 heteroatoms. The lowest BCUT2D eigenvalue weighted by molar-refractivity contribution is -0.159. The molecule has 1 fully saturated rings. The molecule has 0 radical (unpaired) electrons. The Bertz CT molecular complexity index is 956. The first-order valence-corrected chi connectivity index (χ1v) is 8.14. The smallest absolute Gasteiger partial charge is 0.471 e. The van der Waals surface area contributed by atoms with Crippen molar-refractivity contribution < 1.29 is 31.7 Å². The molecule has 1 saturated heterocycles. The number of halogens is 3. The van der Waals surface area contributed by atoms with Crippen LogP contribution in [0, 0.1) is 0 Å². The van der Waals surface area contributed by atoms with Gasteiger partial charge in [0.1, 0.15) is 12.4 Å². The highest BCUT2D eigenvalue weighted by Crippen LogP contribution is 2.29. The average Bonchev–Trinajstić information content (AvgIpc) is 3.42. The van der Waals surface area contributed by atoms with E-state index in [9.17, 15) is 18.0 Å². The number of likely N-dealkylation sites (tertiary alicyclic amines) is 1. The molecule has 3 aromatic rings. The number of amides is 1. The Labute approximate surface area is 155 Å². The van der Waals surface area contributed by atoms with Gasteiger partial charge in [0, 0.05) is 36.9 Å². The van der Waals surface area contributed by atoms with Crippen molar-refractivity contribution in [3.8, 4) is 17.3 Å². The number of hydrogen-bond donors (Lipinski definition) is 0. The zero-order valence-corrected chi connectivity index (χ0v) is 14.1. The van der Waals surface area contributed by atoms with Crippen LogP contribution in [-0.2, 0) is 6.18 Å². The van der Waals surface area contributed by atoms with Crippen LogP contribution in [0.2, 0.25) is 0 Å². The summed E-state index contributed by atoms with van der Waals surface area (Å²) >= 11 is 0. The SMILES string of the molecule is O=C(c1ccon1)N1CC[C@H](Oc2ccc(-c3noc(C(F)(F)F)n3)cn2)C1. The van der Waals surface area contributed by atoms with Crippen LogP contribution < -0.4 is 4.74 Å². The Morgan fingerprint density at radius 1 is 1.25 bits per heavy atom. The van der Waals surface area contributed by atoms with Crippen LogP contribution in [0.15, 0.2) is 39.7 Å². The van der Waals surface area contributed by atoms with Gasteiger partial charge in [-0.15, -0.1) is 0 Å². The summed E-state index contributed by atoms with van der Waals surface area (Å²) in [4.78, 5) is 21.2. The topological polar surface area (TPSA) is 107 Å². The maximum atomic E-state index is 12.5. The van der Waals surface area contributed by atoms with Crippen LogP contribution in [0.5, 0.6) is 5.88 Å². The molecule has 28 heavy (non-hydrogen) atoms. The molecule has 4 rings (SSSR count). The van der Waals surface area contributed by atoms with Crippen LogP contribution in [0.4, 0.5) is 13.2 Å². The highest BCUT2D eigenvalue weighted by molar-refractivity contribution is 5.92. The lowest BCUT2D eigenvalue weighted by atomic mass is 10.2. The minimum Gasteiger partial charge on any atom is -0.472 e. The van der Waals surface area contributed by atoms with E-state index in [2.05, 4.69) is 29.3 Å². The van der Waals surface area contributed by atoms with Crippen molar-refractivity contribution in [1.29, 1.82) is 0 Å². The Kier molecular flexibility index (Phi) is 4.45. The van der Waals surface area contributed by atoms with Crippen molar-refractivity contribution in [2.45, 2.75) is 18.7 Å². The van der Waals surface area contributed by atoms with E-state index in [0.717, 1.165) is 0 Å². The monoisotopic (exact) mass is 395 g/mol. The summed E-state index contributed by atoms with van der Waals surface area (Å²) in [5.74, 6) is -1.63. The molecular formula is C16H12F3N5O4. The molecule has 1 aliphatic rings. The lowest BCUT2D eigenvalue weighted by Gasteiger charge is -2.15. The average molecular weight is 395 g/mol. The van der Waals surface area contributed by atoms with Gasteiger partial charge >= 0.3 is 12.1 Å². The van der Waals surface area contributed by atoms with Crippen LogP contribution in [0.25, 0.3) is 11.4 Å². The molecule has 0 aliphatic carbocycles. The minimum atomic E-state index is -4.71. The molecular weight excluding hydrogens is 383 g/mol. The Balaban J connectivity index is 1.37. The van der Waals surface area contributed by atoms with Crippen molar-refractivity contribution in [1.82, 2.24) is 25.2 Å². The van der Waals surface area contributed by atoms with E-state index < -0.39 is 12.1 Å². The number of nitrogens with zero attached hydrogens (tertiary/aromatic N) is 5. The fourth-order valence-electron chi connectivity index (χ4n) is 2.70. The molecule has 9 nitrogen and oxygen atoms in total. The van der Waals surface area contributed by atoms with Crippen molar-refractivity contribution in [2.75, 3.05) is 13.1 Å². The third-order valence-electron chi connectivity index (χ3n) is 4.04. The van der Waals surface area contributed by atoms with Gasteiger partial charge in [-0.2, -0.15) is 18.2 Å². The van der Waals surface area contributed by atoms with Gasteiger partial charge in [-0.05, 0) is 6.07 Å². The fourth-order valence-corrected chi connectivity index (χ4v) is 2.70. The number of pyridine rings is 1. The summed E-state index contributed by atoms with van der Waals surface area (Å²) < 4.78 is 52.1. The van der Waals surface area contributed by atoms with Gasteiger partial charge in [-0.1, -0.05) is 10.3 Å². The van der Waals surface area contributed by atoms with E-state index in [1.807, 2.05) is 0 Å². The molecule has 0 bridgehead atoms. The second-order valence-electron chi connectivity index (χ2n) is 5.97. The molecule has 3 aromatic heterocycles. The number of hydrogen-bond acceptors (Lipinski definition) is 8. The zero-order valence-electron chi connectivity index (χ0n) is 14.1. The molecule has 0 spiro atoms. The van der Waals surface area contributed by atoms with E-state index in [-0.39, 0.29) is 35.0 Å². The number of aromatic nitrogens is 4. The standard InChI is InChI=1S/C16H12F3N5O4/c17-16(18,19)15-21-13(23-28-15)9-1-2-12(20-7-9)27-10-3-5-24(8-10)14(25)11-4-6-26-22-11/h1-2,4,6-7,10H,3,5,8H2/t10-/m0/s1. The zero-order chi connectivity index (χ0) is 19.7. The number of ether oxygens (including phenoxy) is 1. The highest BCUT2D eigenvalue weighted by atomic mass is 19.4. The van der Waals surface area contributed by atoms with E-state index in [1.54, 1.807) is 4.90 Å². The fraction of sp³-hybridized carbons (Fsp3) is 0.312. The van der Waals surface area contributed by atoms with Crippen molar-refractivity contribution >= 4 is 5.91 Å². The molecule has 1 aliphatic heterocycles. The number of carbonyl (C=O) groups excluding carboxylic acids is 1. The molecule has 1 atom stereocenters. The quantitative estimate of drug-likeness (QED) is 0.663. The van der Waals surface area contributed by atoms with Crippen LogP contribution in [-0.4, -0.2) is 50.3 Å². The number of carbonyl (C=O) groups is 1. The Morgan fingerprint density at radius 2 is 2.11 bits per heavy atom. The van der Waals surface area contributed by atoms with Crippen LogP contribution >= 0.6 is 0 Å². The molecule has 0 N–H and O–H groups in total. The minimum absolute atomic E-state index is 0.224. The number of rotatable bonds is 4. The maximum absolute atomic E-state index is 12.5. The predicted molar refractivity (Wildman–Crippen MR) is 84.0 cm³/mol. The van der Waals surface area contributed by atoms with Gasteiger partial charge in [-0.25, -0.2) is 4.98 Å². The summed E-state index contributed by atoms with van der Waals surface area (Å²) in [6, 6.07) is 4.45. The molecule has 146 valence electrons.